The highest BCUT2D eigenvalue weighted by Crippen LogP contribution is 2.38. The molecular weight excluding hydrogens is 224 g/mol. The monoisotopic (exact) mass is 243 g/mol. The largest absolute Gasteiger partial charge is 0.378 e. The van der Waals surface area contributed by atoms with Gasteiger partial charge in [0.1, 0.15) is 8.07 Å². The van der Waals surface area contributed by atoms with E-state index in [9.17, 15) is 8.78 Å². The summed E-state index contributed by atoms with van der Waals surface area (Å²) in [4.78, 5) is 1.84. The van der Waals surface area contributed by atoms with Gasteiger partial charge in [-0.1, -0.05) is 31.8 Å². The minimum absolute atomic E-state index is 0.137. The van der Waals surface area contributed by atoms with Crippen LogP contribution in [0.3, 0.4) is 0 Å². The predicted octanol–water partition coefficient (Wildman–Crippen LogP) is 3.72. The van der Waals surface area contributed by atoms with Gasteiger partial charge in [0, 0.05) is 25.3 Å². The van der Waals surface area contributed by atoms with Gasteiger partial charge >= 0.3 is 0 Å². The summed E-state index contributed by atoms with van der Waals surface area (Å²) in [5, 5.41) is 0. The van der Waals surface area contributed by atoms with E-state index < -0.39 is 13.6 Å². The van der Waals surface area contributed by atoms with Gasteiger partial charge in [-0.2, -0.15) is 0 Å². The number of hydrogen-bond donors (Lipinski definition) is 0. The summed E-state index contributed by atoms with van der Waals surface area (Å²) in [5.74, 6) is 0. The average molecular weight is 243 g/mol. The maximum atomic E-state index is 14.1. The fourth-order valence-electron chi connectivity index (χ4n) is 1.41. The Morgan fingerprint density at radius 1 is 1.12 bits per heavy atom. The van der Waals surface area contributed by atoms with Crippen LogP contribution < -0.4 is 4.90 Å². The molecule has 0 N–H and O–H groups in total. The van der Waals surface area contributed by atoms with Crippen LogP contribution in [0.1, 0.15) is 5.56 Å². The molecule has 0 spiro atoms. The lowest BCUT2D eigenvalue weighted by Crippen LogP contribution is -2.42. The number of hydrogen-bond acceptors (Lipinski definition) is 1. The number of alkyl halides is 2. The zero-order valence-corrected chi connectivity index (χ0v) is 11.5. The number of halogens is 2. The molecule has 0 amide bonds. The molecule has 1 aromatic carbocycles. The maximum absolute atomic E-state index is 14.1. The van der Waals surface area contributed by atoms with Crippen LogP contribution in [-0.2, 0) is 5.55 Å². The van der Waals surface area contributed by atoms with Crippen LogP contribution in [0.25, 0.3) is 0 Å². The van der Waals surface area contributed by atoms with Gasteiger partial charge in [0.05, 0.1) is 0 Å². The molecule has 0 aliphatic heterocycles. The molecule has 16 heavy (non-hydrogen) atoms. The van der Waals surface area contributed by atoms with Gasteiger partial charge in [-0.05, 0) is 12.1 Å². The summed E-state index contributed by atoms with van der Waals surface area (Å²) in [6.07, 6.45) is 0. The molecule has 0 aromatic heterocycles. The van der Waals surface area contributed by atoms with Gasteiger partial charge in [0.15, 0.2) is 0 Å². The number of rotatable bonds is 3. The number of nitrogens with zero attached hydrogens (tertiary/aromatic N) is 1. The molecule has 0 saturated carbocycles. The van der Waals surface area contributed by atoms with Crippen molar-refractivity contribution in [3.05, 3.63) is 29.8 Å². The second kappa shape index (κ2) is 4.16. The SMILES string of the molecule is CN(C)c1cccc(C(F)(F)[Si](C)(C)C)c1. The molecule has 0 bridgehead atoms. The van der Waals surface area contributed by atoms with E-state index in [-0.39, 0.29) is 5.56 Å². The van der Waals surface area contributed by atoms with Crippen molar-refractivity contribution >= 4 is 13.8 Å². The molecule has 4 heteroatoms. The standard InChI is InChI=1S/C12H19F2NSi/c1-15(2)11-8-6-7-10(9-11)12(13,14)16(3,4)5/h6-9H,1-5H3. The third-order valence-electron chi connectivity index (χ3n) is 2.67. The second-order valence-corrected chi connectivity index (χ2v) is 10.4. The Hall–Kier alpha value is -0.903. The minimum Gasteiger partial charge on any atom is -0.378 e. The van der Waals surface area contributed by atoms with Crippen LogP contribution in [0.2, 0.25) is 19.6 Å². The first-order valence-corrected chi connectivity index (χ1v) is 8.82. The van der Waals surface area contributed by atoms with Crippen molar-refractivity contribution in [2.45, 2.75) is 25.2 Å². The second-order valence-electron chi connectivity index (χ2n) is 5.27. The summed E-state index contributed by atoms with van der Waals surface area (Å²) < 4.78 is 28.3. The van der Waals surface area contributed by atoms with E-state index in [1.807, 2.05) is 25.1 Å². The Morgan fingerprint density at radius 3 is 2.12 bits per heavy atom. The van der Waals surface area contributed by atoms with Crippen LogP contribution in [0.5, 0.6) is 0 Å². The van der Waals surface area contributed by atoms with Crippen molar-refractivity contribution in [3.63, 3.8) is 0 Å². The van der Waals surface area contributed by atoms with Crippen molar-refractivity contribution in [2.75, 3.05) is 19.0 Å². The highest BCUT2D eigenvalue weighted by Gasteiger charge is 2.46. The van der Waals surface area contributed by atoms with Gasteiger partial charge in [-0.25, -0.2) is 8.78 Å². The Balaban J connectivity index is 3.19. The van der Waals surface area contributed by atoms with Crippen LogP contribution in [-0.4, -0.2) is 22.2 Å². The van der Waals surface area contributed by atoms with Gasteiger partial charge in [0.2, 0.25) is 0 Å². The molecular formula is C12H19F2NSi. The lowest BCUT2D eigenvalue weighted by Gasteiger charge is -2.29. The van der Waals surface area contributed by atoms with Crippen molar-refractivity contribution in [1.82, 2.24) is 0 Å². The number of benzene rings is 1. The smallest absolute Gasteiger partial charge is 0.253 e. The van der Waals surface area contributed by atoms with E-state index in [1.165, 1.54) is 6.07 Å². The third-order valence-corrected chi connectivity index (χ3v) is 4.84. The van der Waals surface area contributed by atoms with Crippen LogP contribution >= 0.6 is 0 Å². The molecule has 1 rings (SSSR count). The molecule has 0 heterocycles. The Bertz CT molecular complexity index is 370. The first kappa shape index (κ1) is 13.2. The lowest BCUT2D eigenvalue weighted by molar-refractivity contribution is 0.0795. The average Bonchev–Trinajstić information content (AvgIpc) is 2.16. The van der Waals surface area contributed by atoms with Gasteiger partial charge in [-0.3, -0.25) is 0 Å². The van der Waals surface area contributed by atoms with Gasteiger partial charge in [-0.15, -0.1) is 0 Å². The topological polar surface area (TPSA) is 3.24 Å². The predicted molar refractivity (Wildman–Crippen MR) is 68.0 cm³/mol. The molecule has 0 aliphatic carbocycles. The third kappa shape index (κ3) is 2.43. The Morgan fingerprint density at radius 2 is 1.69 bits per heavy atom. The Labute approximate surface area is 97.1 Å². The lowest BCUT2D eigenvalue weighted by atomic mass is 10.2. The molecule has 1 aromatic rings. The molecule has 1 nitrogen and oxygen atoms in total. The summed E-state index contributed by atoms with van der Waals surface area (Å²) in [6.45, 7) is 5.07. The highest BCUT2D eigenvalue weighted by molar-refractivity contribution is 6.78. The summed E-state index contributed by atoms with van der Waals surface area (Å²) in [7, 11) is 1.17. The van der Waals surface area contributed by atoms with E-state index in [0.717, 1.165) is 5.69 Å². The zero-order valence-electron chi connectivity index (χ0n) is 10.5. The highest BCUT2D eigenvalue weighted by atomic mass is 28.3. The fraction of sp³-hybridized carbons (Fsp3) is 0.500. The zero-order chi connectivity index (χ0) is 12.6. The first-order valence-electron chi connectivity index (χ1n) is 5.32. The van der Waals surface area contributed by atoms with Gasteiger partial charge in [0.25, 0.3) is 5.55 Å². The van der Waals surface area contributed by atoms with Crippen LogP contribution in [0.4, 0.5) is 14.5 Å². The maximum Gasteiger partial charge on any atom is 0.253 e. The van der Waals surface area contributed by atoms with Crippen LogP contribution in [0, 0.1) is 0 Å². The van der Waals surface area contributed by atoms with Crippen molar-refractivity contribution in [2.24, 2.45) is 0 Å². The normalized spacial score (nSPS) is 12.7. The quantitative estimate of drug-likeness (QED) is 0.731. The summed E-state index contributed by atoms with van der Waals surface area (Å²) in [5.41, 5.74) is -1.73. The molecule has 0 unspecified atom stereocenters. The first-order chi connectivity index (χ1) is 7.16. The van der Waals surface area contributed by atoms with Crippen LogP contribution in [0.15, 0.2) is 24.3 Å². The molecule has 0 fully saturated rings. The van der Waals surface area contributed by atoms with Gasteiger partial charge < -0.3 is 4.90 Å². The van der Waals surface area contributed by atoms with Crippen molar-refractivity contribution in [3.8, 4) is 0 Å². The molecule has 0 saturated heterocycles. The molecule has 0 atom stereocenters. The fourth-order valence-corrected chi connectivity index (χ4v) is 2.43. The van der Waals surface area contributed by atoms with E-state index in [2.05, 4.69) is 0 Å². The molecule has 0 radical (unpaired) electrons. The van der Waals surface area contributed by atoms with Crippen molar-refractivity contribution in [1.29, 1.82) is 0 Å². The molecule has 90 valence electrons. The summed E-state index contributed by atoms with van der Waals surface area (Å²) >= 11 is 0. The van der Waals surface area contributed by atoms with Crippen molar-refractivity contribution < 1.29 is 8.78 Å². The van der Waals surface area contributed by atoms with E-state index in [4.69, 9.17) is 0 Å². The Kier molecular flexibility index (Phi) is 3.43. The summed E-state index contributed by atoms with van der Waals surface area (Å²) in [6, 6.07) is 6.63. The van der Waals surface area contributed by atoms with E-state index in [1.54, 1.807) is 31.8 Å². The molecule has 0 aliphatic rings. The number of anilines is 1. The minimum atomic E-state index is -2.68. The van der Waals surface area contributed by atoms with E-state index in [0.29, 0.717) is 0 Å². The van der Waals surface area contributed by atoms with E-state index >= 15 is 0 Å².